The van der Waals surface area contributed by atoms with E-state index in [1.165, 1.54) is 6.07 Å². The third kappa shape index (κ3) is 3.74. The molecule has 1 unspecified atom stereocenters. The summed E-state index contributed by atoms with van der Waals surface area (Å²) in [6.45, 7) is 15.5. The summed E-state index contributed by atoms with van der Waals surface area (Å²) in [5.74, 6) is 0.267. The topological polar surface area (TPSA) is 56.2 Å². The highest BCUT2D eigenvalue weighted by Gasteiger charge is 2.48. The number of nitrogens with zero attached hydrogens (tertiary/aromatic N) is 1. The molecule has 4 atom stereocenters. The van der Waals surface area contributed by atoms with Crippen LogP contribution < -0.4 is 5.56 Å². The van der Waals surface area contributed by atoms with Crippen molar-refractivity contribution in [1.29, 1.82) is 0 Å². The zero-order chi connectivity index (χ0) is 18.3. The van der Waals surface area contributed by atoms with Crippen LogP contribution in [-0.4, -0.2) is 30.1 Å². The number of aromatic nitrogens is 2. The minimum absolute atomic E-state index is 0.0755. The number of aromatic amines is 1. The Kier molecular flexibility index (Phi) is 5.59. The van der Waals surface area contributed by atoms with Gasteiger partial charge in [-0.25, -0.2) is 0 Å². The van der Waals surface area contributed by atoms with Gasteiger partial charge in [0.25, 0.3) is 5.56 Å². The van der Waals surface area contributed by atoms with Gasteiger partial charge in [-0.05, 0) is 36.8 Å². The van der Waals surface area contributed by atoms with E-state index in [0.717, 1.165) is 6.42 Å². The molecular formula is C17H30N2O3SSi. The van der Waals surface area contributed by atoms with Crippen molar-refractivity contribution in [2.75, 3.05) is 0 Å². The molecule has 0 radical (unpaired) electrons. The standard InChI is InChI=1S/C17H30N2O3SSi/c1-8-12-11(2)14(22-24(6,7)17(3,4)5)15(21-12)19-10-9-13(20)18-16(19)23/h9-12,14-15H,8H2,1-7H3,(H,18,20,23)/t11-,12+,14?,15+/m0/s1. The second kappa shape index (κ2) is 6.86. The van der Waals surface area contributed by atoms with Crippen molar-refractivity contribution in [2.24, 2.45) is 5.92 Å². The van der Waals surface area contributed by atoms with Crippen LogP contribution in [0, 0.1) is 10.7 Å². The third-order valence-corrected chi connectivity index (χ3v) is 10.3. The van der Waals surface area contributed by atoms with Gasteiger partial charge in [-0.2, -0.15) is 0 Å². The summed E-state index contributed by atoms with van der Waals surface area (Å²) >= 11 is 5.34. The average Bonchev–Trinajstić information content (AvgIpc) is 2.74. The largest absolute Gasteiger partial charge is 0.409 e. The van der Waals surface area contributed by atoms with Crippen LogP contribution in [0.2, 0.25) is 18.1 Å². The molecule has 1 N–H and O–H groups in total. The SMILES string of the molecule is CC[C@H]1O[C@@H](n2ccc(=O)[nH]c2=S)C(O[Si](C)(C)C(C)(C)C)[C@H]1C. The molecule has 1 fully saturated rings. The minimum Gasteiger partial charge on any atom is -0.409 e. The molecule has 5 nitrogen and oxygen atoms in total. The Hall–Kier alpha value is -0.763. The molecule has 136 valence electrons. The lowest BCUT2D eigenvalue weighted by Gasteiger charge is -2.40. The molecule has 1 aromatic rings. The van der Waals surface area contributed by atoms with E-state index in [0.29, 0.717) is 4.77 Å². The van der Waals surface area contributed by atoms with E-state index < -0.39 is 8.32 Å². The van der Waals surface area contributed by atoms with Crippen LogP contribution in [0.25, 0.3) is 0 Å². The summed E-state index contributed by atoms with van der Waals surface area (Å²) in [4.78, 5) is 14.2. The number of rotatable bonds is 4. The van der Waals surface area contributed by atoms with Crippen LogP contribution >= 0.6 is 12.2 Å². The third-order valence-electron chi connectivity index (χ3n) is 5.46. The van der Waals surface area contributed by atoms with Gasteiger partial charge < -0.3 is 9.16 Å². The van der Waals surface area contributed by atoms with E-state index >= 15 is 0 Å². The van der Waals surface area contributed by atoms with Crippen molar-refractivity contribution < 1.29 is 9.16 Å². The summed E-state index contributed by atoms with van der Waals surface area (Å²) < 4.78 is 15.2. The molecule has 1 aliphatic rings. The number of H-pyrrole nitrogens is 1. The zero-order valence-electron chi connectivity index (χ0n) is 15.8. The molecule has 0 spiro atoms. The zero-order valence-corrected chi connectivity index (χ0v) is 17.6. The minimum atomic E-state index is -1.96. The van der Waals surface area contributed by atoms with Gasteiger partial charge in [0, 0.05) is 18.2 Å². The first-order valence-corrected chi connectivity index (χ1v) is 11.9. The second-order valence-electron chi connectivity index (χ2n) is 8.19. The average molecular weight is 371 g/mol. The summed E-state index contributed by atoms with van der Waals surface area (Å²) in [6, 6.07) is 1.48. The van der Waals surface area contributed by atoms with Crippen molar-refractivity contribution in [1.82, 2.24) is 9.55 Å². The van der Waals surface area contributed by atoms with E-state index in [-0.39, 0.29) is 35.0 Å². The Morgan fingerprint density at radius 3 is 2.54 bits per heavy atom. The summed E-state index contributed by atoms with van der Waals surface area (Å²) in [7, 11) is -1.96. The van der Waals surface area contributed by atoms with Crippen LogP contribution in [0.1, 0.15) is 47.3 Å². The molecule has 2 rings (SSSR count). The number of ether oxygens (including phenoxy) is 1. The lowest BCUT2D eigenvalue weighted by Crippen LogP contribution is -2.46. The number of hydrogen-bond acceptors (Lipinski definition) is 4. The fourth-order valence-electron chi connectivity index (χ4n) is 2.85. The maximum atomic E-state index is 11.5. The van der Waals surface area contributed by atoms with E-state index in [2.05, 4.69) is 52.7 Å². The lowest BCUT2D eigenvalue weighted by molar-refractivity contribution is -0.0359. The highest BCUT2D eigenvalue weighted by Crippen LogP contribution is 2.44. The van der Waals surface area contributed by atoms with Crippen LogP contribution in [0.15, 0.2) is 17.1 Å². The summed E-state index contributed by atoms with van der Waals surface area (Å²) in [5.41, 5.74) is -0.198. The fourth-order valence-corrected chi connectivity index (χ4v) is 4.48. The summed E-state index contributed by atoms with van der Waals surface area (Å²) in [5, 5.41) is 0.119. The molecule has 1 saturated heterocycles. The highest BCUT2D eigenvalue weighted by molar-refractivity contribution is 7.71. The Balaban J connectivity index is 2.41. The first kappa shape index (κ1) is 19.6. The molecule has 24 heavy (non-hydrogen) atoms. The molecule has 2 heterocycles. The van der Waals surface area contributed by atoms with Crippen molar-refractivity contribution >= 4 is 20.5 Å². The normalized spacial score (nSPS) is 28.3. The molecule has 7 heteroatoms. The maximum Gasteiger partial charge on any atom is 0.251 e. The smallest absolute Gasteiger partial charge is 0.251 e. The number of hydrogen-bond donors (Lipinski definition) is 1. The molecule has 0 bridgehead atoms. The Bertz CT molecular complexity index is 692. The van der Waals surface area contributed by atoms with E-state index in [9.17, 15) is 4.79 Å². The first-order valence-electron chi connectivity index (χ1n) is 8.62. The van der Waals surface area contributed by atoms with Crippen molar-refractivity contribution in [3.05, 3.63) is 27.4 Å². The Morgan fingerprint density at radius 2 is 2.04 bits per heavy atom. The van der Waals surface area contributed by atoms with Gasteiger partial charge in [0.1, 0.15) is 0 Å². The maximum absolute atomic E-state index is 11.5. The van der Waals surface area contributed by atoms with Crippen LogP contribution in [-0.2, 0) is 9.16 Å². The second-order valence-corrected chi connectivity index (χ2v) is 13.3. The van der Waals surface area contributed by atoms with Gasteiger partial charge >= 0.3 is 0 Å². The molecule has 0 aliphatic carbocycles. The van der Waals surface area contributed by atoms with Crippen LogP contribution in [0.5, 0.6) is 0 Å². The molecule has 0 amide bonds. The van der Waals surface area contributed by atoms with Crippen molar-refractivity contribution in [3.8, 4) is 0 Å². The molecule has 1 aromatic heterocycles. The van der Waals surface area contributed by atoms with Gasteiger partial charge in [-0.1, -0.05) is 34.6 Å². The fraction of sp³-hybridized carbons (Fsp3) is 0.765. The van der Waals surface area contributed by atoms with E-state index in [1.54, 1.807) is 6.20 Å². The van der Waals surface area contributed by atoms with Gasteiger partial charge in [0.2, 0.25) is 0 Å². The van der Waals surface area contributed by atoms with Crippen molar-refractivity contribution in [2.45, 2.75) is 77.6 Å². The van der Waals surface area contributed by atoms with Gasteiger partial charge in [-0.15, -0.1) is 0 Å². The van der Waals surface area contributed by atoms with Crippen molar-refractivity contribution in [3.63, 3.8) is 0 Å². The van der Waals surface area contributed by atoms with Crippen LogP contribution in [0.3, 0.4) is 0 Å². The molecular weight excluding hydrogens is 340 g/mol. The van der Waals surface area contributed by atoms with Gasteiger partial charge in [-0.3, -0.25) is 14.3 Å². The quantitative estimate of drug-likeness (QED) is 0.636. The molecule has 0 aromatic carbocycles. The lowest BCUT2D eigenvalue weighted by atomic mass is 9.99. The monoisotopic (exact) mass is 370 g/mol. The summed E-state index contributed by atoms with van der Waals surface area (Å²) in [6.07, 6.45) is 2.38. The first-order chi connectivity index (χ1) is 11.0. The van der Waals surface area contributed by atoms with Gasteiger partial charge in [0.05, 0.1) is 12.2 Å². The molecule has 0 saturated carbocycles. The molecule has 1 aliphatic heterocycles. The predicted molar refractivity (Wildman–Crippen MR) is 101 cm³/mol. The Morgan fingerprint density at radius 1 is 1.42 bits per heavy atom. The van der Waals surface area contributed by atoms with E-state index in [1.807, 2.05) is 4.57 Å². The Labute approximate surface area is 150 Å². The van der Waals surface area contributed by atoms with Gasteiger partial charge in [0.15, 0.2) is 19.3 Å². The predicted octanol–water partition coefficient (Wildman–Crippen LogP) is 4.24. The van der Waals surface area contributed by atoms with E-state index in [4.69, 9.17) is 21.4 Å². The number of nitrogens with one attached hydrogen (secondary N) is 1. The van der Waals surface area contributed by atoms with Crippen LogP contribution in [0.4, 0.5) is 0 Å². The highest BCUT2D eigenvalue weighted by atomic mass is 32.1.